The van der Waals surface area contributed by atoms with E-state index in [1.807, 2.05) is 31.2 Å². The monoisotopic (exact) mass is 309 g/mol. The lowest BCUT2D eigenvalue weighted by atomic mass is 10.2. The van der Waals surface area contributed by atoms with Gasteiger partial charge >= 0.3 is 5.97 Å². The lowest BCUT2D eigenvalue weighted by Crippen LogP contribution is -2.39. The maximum Gasteiger partial charge on any atom is 0.305 e. The number of aryl methyl sites for hydroxylation is 1. The summed E-state index contributed by atoms with van der Waals surface area (Å²) in [6, 6.07) is 8.02. The summed E-state index contributed by atoms with van der Waals surface area (Å²) >= 11 is 5.17. The largest absolute Gasteiger partial charge is 0.469 e. The third kappa shape index (κ3) is 8.14. The van der Waals surface area contributed by atoms with E-state index >= 15 is 0 Å². The Hall–Kier alpha value is -1.82. The van der Waals surface area contributed by atoms with Crippen molar-refractivity contribution in [2.45, 2.75) is 32.6 Å². The van der Waals surface area contributed by atoms with Crippen LogP contribution < -0.4 is 16.2 Å². The SMILES string of the molecule is COC(=O)CCCCCNC(=S)NNc1cccc(C)c1. The maximum atomic E-state index is 10.9. The minimum atomic E-state index is -0.150. The molecule has 1 aromatic carbocycles. The van der Waals surface area contributed by atoms with E-state index in [-0.39, 0.29) is 5.97 Å². The summed E-state index contributed by atoms with van der Waals surface area (Å²) < 4.78 is 4.58. The highest BCUT2D eigenvalue weighted by atomic mass is 32.1. The number of benzene rings is 1. The van der Waals surface area contributed by atoms with Gasteiger partial charge in [0.25, 0.3) is 0 Å². The zero-order valence-corrected chi connectivity index (χ0v) is 13.4. The van der Waals surface area contributed by atoms with Gasteiger partial charge in [0.05, 0.1) is 12.8 Å². The third-order valence-corrected chi connectivity index (χ3v) is 3.16. The number of unbranched alkanes of at least 4 members (excludes halogenated alkanes) is 2. The predicted molar refractivity (Wildman–Crippen MR) is 89.0 cm³/mol. The van der Waals surface area contributed by atoms with Crippen LogP contribution in [0.2, 0.25) is 0 Å². The van der Waals surface area contributed by atoms with Crippen molar-refractivity contribution in [1.29, 1.82) is 0 Å². The Labute approximate surface area is 131 Å². The molecule has 0 saturated heterocycles. The molecule has 0 spiro atoms. The second kappa shape index (κ2) is 9.99. The quantitative estimate of drug-likeness (QED) is 0.297. The molecule has 5 nitrogen and oxygen atoms in total. The molecular weight excluding hydrogens is 286 g/mol. The molecule has 3 N–H and O–H groups in total. The van der Waals surface area contributed by atoms with Crippen LogP contribution in [0.4, 0.5) is 5.69 Å². The van der Waals surface area contributed by atoms with Crippen LogP contribution in [0.3, 0.4) is 0 Å². The van der Waals surface area contributed by atoms with Crippen molar-refractivity contribution in [2.75, 3.05) is 19.1 Å². The highest BCUT2D eigenvalue weighted by Gasteiger charge is 1.99. The fraction of sp³-hybridized carbons (Fsp3) is 0.467. The Morgan fingerprint density at radius 1 is 1.29 bits per heavy atom. The lowest BCUT2D eigenvalue weighted by molar-refractivity contribution is -0.140. The fourth-order valence-electron chi connectivity index (χ4n) is 1.77. The highest BCUT2D eigenvalue weighted by Crippen LogP contribution is 2.07. The minimum absolute atomic E-state index is 0.150. The molecule has 116 valence electrons. The smallest absolute Gasteiger partial charge is 0.305 e. The van der Waals surface area contributed by atoms with Crippen molar-refractivity contribution < 1.29 is 9.53 Å². The zero-order chi connectivity index (χ0) is 15.5. The number of thiocarbonyl (C=S) groups is 1. The molecule has 6 heteroatoms. The van der Waals surface area contributed by atoms with Crippen LogP contribution in [0.15, 0.2) is 24.3 Å². The maximum absolute atomic E-state index is 10.9. The Morgan fingerprint density at radius 3 is 2.81 bits per heavy atom. The Morgan fingerprint density at radius 2 is 2.10 bits per heavy atom. The molecule has 0 fully saturated rings. The number of anilines is 1. The van der Waals surface area contributed by atoms with Crippen LogP contribution >= 0.6 is 12.2 Å². The van der Waals surface area contributed by atoms with Gasteiger partial charge in [0.2, 0.25) is 0 Å². The molecule has 0 radical (unpaired) electrons. The topological polar surface area (TPSA) is 62.4 Å². The number of nitrogens with one attached hydrogen (secondary N) is 3. The van der Waals surface area contributed by atoms with Crippen molar-refractivity contribution in [3.05, 3.63) is 29.8 Å². The van der Waals surface area contributed by atoms with Gasteiger partial charge in [0, 0.05) is 13.0 Å². The number of ether oxygens (including phenoxy) is 1. The van der Waals surface area contributed by atoms with Crippen molar-refractivity contribution in [3.63, 3.8) is 0 Å². The molecule has 0 aliphatic carbocycles. The number of esters is 1. The number of hydrazine groups is 1. The van der Waals surface area contributed by atoms with E-state index < -0.39 is 0 Å². The normalized spacial score (nSPS) is 9.81. The van der Waals surface area contributed by atoms with Crippen molar-refractivity contribution in [2.24, 2.45) is 0 Å². The second-order valence-corrected chi connectivity index (χ2v) is 5.17. The fourth-order valence-corrected chi connectivity index (χ4v) is 1.92. The molecule has 0 heterocycles. The summed E-state index contributed by atoms with van der Waals surface area (Å²) in [4.78, 5) is 10.9. The molecule has 0 aromatic heterocycles. The predicted octanol–water partition coefficient (Wildman–Crippen LogP) is 2.52. The molecule has 0 unspecified atom stereocenters. The summed E-state index contributed by atoms with van der Waals surface area (Å²) in [5.41, 5.74) is 8.14. The van der Waals surface area contributed by atoms with Gasteiger partial charge in [-0.2, -0.15) is 0 Å². The van der Waals surface area contributed by atoms with Gasteiger partial charge in [0.1, 0.15) is 0 Å². The van der Waals surface area contributed by atoms with Crippen LogP contribution in [-0.4, -0.2) is 24.7 Å². The van der Waals surface area contributed by atoms with Crippen molar-refractivity contribution in [1.82, 2.24) is 10.7 Å². The van der Waals surface area contributed by atoms with Gasteiger partial charge in [-0.1, -0.05) is 18.6 Å². The summed E-state index contributed by atoms with van der Waals surface area (Å²) in [7, 11) is 1.41. The number of methoxy groups -OCH3 is 1. The van der Waals surface area contributed by atoms with E-state index in [4.69, 9.17) is 12.2 Å². The third-order valence-electron chi connectivity index (χ3n) is 2.91. The van der Waals surface area contributed by atoms with Crippen LogP contribution in [-0.2, 0) is 9.53 Å². The van der Waals surface area contributed by atoms with Gasteiger partial charge in [-0.15, -0.1) is 0 Å². The standard InChI is InChI=1S/C15H23N3O2S/c1-12-7-6-8-13(11-12)17-18-15(21)16-10-5-3-4-9-14(19)20-2/h6-8,11,17H,3-5,9-10H2,1-2H3,(H2,16,18,21). The second-order valence-electron chi connectivity index (χ2n) is 4.76. The average Bonchev–Trinajstić information content (AvgIpc) is 2.48. The first kappa shape index (κ1) is 17.2. The number of carbonyl (C=O) groups excluding carboxylic acids is 1. The molecule has 1 rings (SSSR count). The molecule has 0 atom stereocenters. The number of hydrogen-bond acceptors (Lipinski definition) is 4. The van der Waals surface area contributed by atoms with E-state index in [9.17, 15) is 4.79 Å². The van der Waals surface area contributed by atoms with Gasteiger partial charge < -0.3 is 10.1 Å². The molecule has 0 saturated carbocycles. The summed E-state index contributed by atoms with van der Waals surface area (Å²) in [5.74, 6) is -0.150. The molecule has 21 heavy (non-hydrogen) atoms. The van der Waals surface area contributed by atoms with E-state index in [2.05, 4.69) is 20.9 Å². The van der Waals surface area contributed by atoms with Gasteiger partial charge in [-0.05, 0) is 49.7 Å². The molecule has 0 amide bonds. The lowest BCUT2D eigenvalue weighted by Gasteiger charge is -2.12. The zero-order valence-electron chi connectivity index (χ0n) is 12.6. The Bertz CT molecular complexity index is 466. The van der Waals surface area contributed by atoms with Crippen LogP contribution in [0.1, 0.15) is 31.2 Å². The minimum Gasteiger partial charge on any atom is -0.469 e. The Balaban J connectivity index is 2.05. The van der Waals surface area contributed by atoms with Crippen molar-refractivity contribution in [3.8, 4) is 0 Å². The molecule has 1 aromatic rings. The van der Waals surface area contributed by atoms with Gasteiger partial charge in [0.15, 0.2) is 5.11 Å². The molecular formula is C15H23N3O2S. The van der Waals surface area contributed by atoms with Crippen LogP contribution in [0.5, 0.6) is 0 Å². The molecule has 0 aliphatic heterocycles. The molecule has 0 aliphatic rings. The van der Waals surface area contributed by atoms with Gasteiger partial charge in [-0.25, -0.2) is 0 Å². The van der Waals surface area contributed by atoms with Crippen LogP contribution in [0.25, 0.3) is 0 Å². The van der Waals surface area contributed by atoms with Gasteiger partial charge in [-0.3, -0.25) is 15.6 Å². The van der Waals surface area contributed by atoms with E-state index in [1.54, 1.807) is 0 Å². The van der Waals surface area contributed by atoms with E-state index in [0.29, 0.717) is 11.5 Å². The average molecular weight is 309 g/mol. The first-order valence-corrected chi connectivity index (χ1v) is 7.46. The first-order valence-electron chi connectivity index (χ1n) is 7.05. The first-order chi connectivity index (χ1) is 10.1. The number of hydrogen-bond donors (Lipinski definition) is 3. The van der Waals surface area contributed by atoms with Crippen molar-refractivity contribution >= 4 is 29.0 Å². The number of rotatable bonds is 8. The summed E-state index contributed by atoms with van der Waals surface area (Å²) in [5, 5.41) is 3.67. The van der Waals surface area contributed by atoms with E-state index in [0.717, 1.165) is 31.5 Å². The summed E-state index contributed by atoms with van der Waals surface area (Å²) in [6.07, 6.45) is 3.25. The van der Waals surface area contributed by atoms with Crippen LogP contribution in [0, 0.1) is 6.92 Å². The Kier molecular flexibility index (Phi) is 8.19. The highest BCUT2D eigenvalue weighted by molar-refractivity contribution is 7.80. The summed E-state index contributed by atoms with van der Waals surface area (Å²) in [6.45, 7) is 2.82. The van der Waals surface area contributed by atoms with E-state index in [1.165, 1.54) is 12.7 Å². The molecule has 0 bridgehead atoms. The number of carbonyl (C=O) groups is 1.